The molecule has 7 nitrogen and oxygen atoms in total. The van der Waals surface area contributed by atoms with Crippen molar-refractivity contribution in [2.24, 2.45) is 0 Å². The van der Waals surface area contributed by atoms with Crippen LogP contribution in [0, 0.1) is 11.6 Å². The van der Waals surface area contributed by atoms with Gasteiger partial charge in [-0.2, -0.15) is 13.2 Å². The van der Waals surface area contributed by atoms with E-state index in [9.17, 15) is 31.5 Å². The summed E-state index contributed by atoms with van der Waals surface area (Å²) in [7, 11) is 0. The molecule has 0 spiro atoms. The number of carbonyl (C=O) groups excluding carboxylic acids is 1. The van der Waals surface area contributed by atoms with Gasteiger partial charge in [0, 0.05) is 43.8 Å². The molecule has 0 unspecified atom stereocenters. The minimum atomic E-state index is -4.42. The van der Waals surface area contributed by atoms with Crippen LogP contribution in [0.5, 0.6) is 0 Å². The van der Waals surface area contributed by atoms with Crippen molar-refractivity contribution in [3.8, 4) is 11.1 Å². The summed E-state index contributed by atoms with van der Waals surface area (Å²) in [4.78, 5) is 37.9. The Morgan fingerprint density at radius 3 is 2.29 bits per heavy atom. The van der Waals surface area contributed by atoms with E-state index < -0.39 is 23.4 Å². The first-order valence-corrected chi connectivity index (χ1v) is 17.0. The van der Waals surface area contributed by atoms with Gasteiger partial charge in [0.15, 0.2) is 17.1 Å². The number of carbonyl (C=O) groups is 1. The van der Waals surface area contributed by atoms with Gasteiger partial charge in [-0.1, -0.05) is 48.5 Å². The van der Waals surface area contributed by atoms with Crippen LogP contribution in [-0.4, -0.2) is 36.5 Å². The molecule has 6 aromatic rings. The first-order valence-electron chi connectivity index (χ1n) is 17.0. The SMILES string of the molecule is CCn1cnc(CCCN(Cc2ccc(-c3ccc(C(F)(F)F)cc3)cc2)C(=O)Cn2c(CCc3cccc(F)c3F)cc(=O)c3cccnc32)c1. The van der Waals surface area contributed by atoms with Crippen LogP contribution in [-0.2, 0) is 49.9 Å². The first kappa shape index (κ1) is 36.2. The number of fused-ring (bicyclic) bond motifs is 1. The third kappa shape index (κ3) is 8.44. The minimum Gasteiger partial charge on any atom is -0.337 e. The molecule has 0 saturated heterocycles. The second kappa shape index (κ2) is 15.7. The molecule has 3 heterocycles. The van der Waals surface area contributed by atoms with Crippen molar-refractivity contribution in [1.82, 2.24) is 24.0 Å². The fourth-order valence-corrected chi connectivity index (χ4v) is 6.20. The molecule has 0 N–H and O–H groups in total. The number of rotatable bonds is 13. The summed E-state index contributed by atoms with van der Waals surface area (Å²) in [5.41, 5.74) is 2.97. The zero-order valence-electron chi connectivity index (χ0n) is 28.4. The van der Waals surface area contributed by atoms with Crippen LogP contribution in [0.3, 0.4) is 0 Å². The number of amides is 1. The van der Waals surface area contributed by atoms with Crippen LogP contribution in [0.1, 0.15) is 41.4 Å². The first-order chi connectivity index (χ1) is 25.0. The molecule has 0 bridgehead atoms. The van der Waals surface area contributed by atoms with Gasteiger partial charge in [-0.3, -0.25) is 9.59 Å². The molecule has 12 heteroatoms. The number of aromatic nitrogens is 4. The molecule has 0 saturated carbocycles. The average Bonchev–Trinajstić information content (AvgIpc) is 3.61. The van der Waals surface area contributed by atoms with Gasteiger partial charge in [-0.25, -0.2) is 18.7 Å². The Morgan fingerprint density at radius 2 is 1.60 bits per heavy atom. The summed E-state index contributed by atoms with van der Waals surface area (Å²) >= 11 is 0. The van der Waals surface area contributed by atoms with Gasteiger partial charge >= 0.3 is 6.18 Å². The summed E-state index contributed by atoms with van der Waals surface area (Å²) in [6.45, 7) is 3.27. The lowest BCUT2D eigenvalue weighted by atomic mass is 10.0. The minimum absolute atomic E-state index is 0.0922. The van der Waals surface area contributed by atoms with E-state index in [1.54, 1.807) is 40.1 Å². The van der Waals surface area contributed by atoms with Gasteiger partial charge in [0.25, 0.3) is 0 Å². The van der Waals surface area contributed by atoms with Gasteiger partial charge in [0.2, 0.25) is 5.91 Å². The molecule has 0 radical (unpaired) electrons. The standard InChI is InChI=1S/C40H36F5N5O2/c1-2-48-24-32(47-26-48)7-5-21-49(23-27-10-12-28(13-11-27)29-14-17-31(18-15-29)40(43,44)45)37(52)25-50-33(19-16-30-6-3-9-35(41)38(30)42)22-36(51)34-8-4-20-46-39(34)50/h3-4,6,8-15,17-18,20,22,24,26H,2,5,7,16,19,21,23,25H2,1H3. The molecule has 268 valence electrons. The number of imidazole rings is 1. The largest absolute Gasteiger partial charge is 0.416 e. The smallest absolute Gasteiger partial charge is 0.337 e. The highest BCUT2D eigenvalue weighted by Crippen LogP contribution is 2.31. The lowest BCUT2D eigenvalue weighted by molar-refractivity contribution is -0.137. The molecule has 0 aliphatic carbocycles. The number of halogens is 5. The predicted octanol–water partition coefficient (Wildman–Crippen LogP) is 8.02. The van der Waals surface area contributed by atoms with Crippen LogP contribution in [0.15, 0.2) is 108 Å². The molecule has 0 aliphatic rings. The van der Waals surface area contributed by atoms with Crippen LogP contribution >= 0.6 is 0 Å². The maximum Gasteiger partial charge on any atom is 0.416 e. The maximum atomic E-state index is 14.5. The van der Waals surface area contributed by atoms with Crippen LogP contribution in [0.4, 0.5) is 22.0 Å². The molecule has 3 aromatic heterocycles. The fraction of sp³-hybridized carbons (Fsp3) is 0.250. The molecule has 0 aliphatic heterocycles. The van der Waals surface area contributed by atoms with Crippen molar-refractivity contribution in [2.75, 3.05) is 6.54 Å². The van der Waals surface area contributed by atoms with Crippen molar-refractivity contribution in [1.29, 1.82) is 0 Å². The third-order valence-corrected chi connectivity index (χ3v) is 9.07. The van der Waals surface area contributed by atoms with E-state index in [0.717, 1.165) is 41.6 Å². The van der Waals surface area contributed by atoms with Crippen molar-refractivity contribution >= 4 is 16.9 Å². The Balaban J connectivity index is 1.26. The Hall–Kier alpha value is -5.65. The van der Waals surface area contributed by atoms with E-state index in [4.69, 9.17) is 0 Å². The number of benzene rings is 3. The zero-order valence-corrected chi connectivity index (χ0v) is 28.4. The zero-order chi connectivity index (χ0) is 36.8. The summed E-state index contributed by atoms with van der Waals surface area (Å²) in [6.07, 6.45) is 2.34. The Bertz CT molecular complexity index is 2230. The van der Waals surface area contributed by atoms with Crippen LogP contribution < -0.4 is 5.43 Å². The summed E-state index contributed by atoms with van der Waals surface area (Å²) < 4.78 is 71.4. The molecule has 0 atom stereocenters. The van der Waals surface area contributed by atoms with E-state index >= 15 is 0 Å². The van der Waals surface area contributed by atoms with Crippen molar-refractivity contribution in [3.63, 3.8) is 0 Å². The van der Waals surface area contributed by atoms with E-state index in [0.29, 0.717) is 41.7 Å². The topological polar surface area (TPSA) is 73.0 Å². The fourth-order valence-electron chi connectivity index (χ4n) is 6.20. The van der Waals surface area contributed by atoms with Crippen molar-refractivity contribution in [2.45, 2.75) is 58.4 Å². The van der Waals surface area contributed by atoms with Gasteiger partial charge in [0.05, 0.1) is 23.0 Å². The van der Waals surface area contributed by atoms with E-state index in [1.807, 2.05) is 29.8 Å². The van der Waals surface area contributed by atoms with Crippen LogP contribution in [0.25, 0.3) is 22.2 Å². The second-order valence-electron chi connectivity index (χ2n) is 12.6. The Morgan fingerprint density at radius 1 is 0.865 bits per heavy atom. The number of nitrogens with zero attached hydrogens (tertiary/aromatic N) is 5. The van der Waals surface area contributed by atoms with Crippen molar-refractivity contribution < 1.29 is 26.7 Å². The third-order valence-electron chi connectivity index (χ3n) is 9.07. The second-order valence-corrected chi connectivity index (χ2v) is 12.6. The van der Waals surface area contributed by atoms with Crippen LogP contribution in [0.2, 0.25) is 0 Å². The number of alkyl halides is 3. The Kier molecular flexibility index (Phi) is 10.9. The monoisotopic (exact) mass is 713 g/mol. The summed E-state index contributed by atoms with van der Waals surface area (Å²) in [6, 6.07) is 20.9. The van der Waals surface area contributed by atoms with Gasteiger partial charge in [0.1, 0.15) is 12.2 Å². The molecular formula is C40H36F5N5O2. The predicted molar refractivity (Wildman–Crippen MR) is 188 cm³/mol. The number of pyridine rings is 2. The van der Waals surface area contributed by atoms with E-state index in [1.165, 1.54) is 36.5 Å². The summed E-state index contributed by atoms with van der Waals surface area (Å²) in [5, 5.41) is 0.327. The van der Waals surface area contributed by atoms with Crippen molar-refractivity contribution in [3.05, 3.63) is 154 Å². The van der Waals surface area contributed by atoms with E-state index in [2.05, 4.69) is 9.97 Å². The molecule has 3 aromatic carbocycles. The highest BCUT2D eigenvalue weighted by molar-refractivity contribution is 5.80. The average molecular weight is 714 g/mol. The molecule has 1 amide bonds. The number of hydrogen-bond acceptors (Lipinski definition) is 4. The van der Waals surface area contributed by atoms with E-state index in [-0.39, 0.29) is 42.8 Å². The quantitative estimate of drug-likeness (QED) is 0.114. The molecule has 52 heavy (non-hydrogen) atoms. The number of aryl methyl sites for hydroxylation is 4. The lowest BCUT2D eigenvalue weighted by Crippen LogP contribution is -2.35. The van der Waals surface area contributed by atoms with Gasteiger partial charge < -0.3 is 14.0 Å². The lowest BCUT2D eigenvalue weighted by Gasteiger charge is -2.25. The van der Waals surface area contributed by atoms with Gasteiger partial charge in [-0.15, -0.1) is 0 Å². The summed E-state index contributed by atoms with van der Waals surface area (Å²) in [5.74, 6) is -2.17. The van der Waals surface area contributed by atoms with Gasteiger partial charge in [-0.05, 0) is 85.2 Å². The highest BCUT2D eigenvalue weighted by atomic mass is 19.4. The Labute approximate surface area is 297 Å². The highest BCUT2D eigenvalue weighted by Gasteiger charge is 2.30. The molecular weight excluding hydrogens is 677 g/mol. The normalized spacial score (nSPS) is 11.7. The molecule has 6 rings (SSSR count). The number of hydrogen-bond donors (Lipinski definition) is 0. The maximum absolute atomic E-state index is 14.5. The molecule has 0 fully saturated rings.